The lowest BCUT2D eigenvalue weighted by Crippen LogP contribution is -2.32. The van der Waals surface area contributed by atoms with Crippen LogP contribution in [0, 0.1) is 0 Å². The Hall–Kier alpha value is -2.78. The summed E-state index contributed by atoms with van der Waals surface area (Å²) >= 11 is 2.85. The fraction of sp³-hybridized carbons (Fsp3) is 0.263. The summed E-state index contributed by atoms with van der Waals surface area (Å²) in [7, 11) is 0. The molecule has 0 fully saturated rings. The Kier molecular flexibility index (Phi) is 7.10. The van der Waals surface area contributed by atoms with Crippen LogP contribution >= 0.6 is 22.7 Å². The smallest absolute Gasteiger partial charge is 0.251 e. The monoisotopic (exact) mass is 416 g/mol. The second-order valence-electron chi connectivity index (χ2n) is 5.88. The molecule has 2 heterocycles. The van der Waals surface area contributed by atoms with E-state index >= 15 is 0 Å². The summed E-state index contributed by atoms with van der Waals surface area (Å²) in [6.45, 7) is 2.60. The Morgan fingerprint density at radius 3 is 2.68 bits per heavy atom. The van der Waals surface area contributed by atoms with Crippen LogP contribution < -0.4 is 15.4 Å². The van der Waals surface area contributed by atoms with Crippen LogP contribution in [0.3, 0.4) is 0 Å². The molecule has 7 nitrogen and oxygen atoms in total. The summed E-state index contributed by atoms with van der Waals surface area (Å²) in [5.74, 6) is 0.0350. The van der Waals surface area contributed by atoms with E-state index in [4.69, 9.17) is 4.74 Å². The maximum atomic E-state index is 12.2. The van der Waals surface area contributed by atoms with Crippen LogP contribution in [-0.4, -0.2) is 35.2 Å². The van der Waals surface area contributed by atoms with Gasteiger partial charge in [0.1, 0.15) is 10.8 Å². The lowest BCUT2D eigenvalue weighted by molar-refractivity contribution is -0.115. The molecule has 0 radical (unpaired) electrons. The minimum Gasteiger partial charge on any atom is -0.494 e. The predicted octanol–water partition coefficient (Wildman–Crippen LogP) is 3.81. The molecule has 0 aliphatic heterocycles. The average Bonchev–Trinajstić information content (AvgIpc) is 3.39. The molecule has 0 atom stereocenters. The average molecular weight is 417 g/mol. The molecule has 0 saturated heterocycles. The molecule has 146 valence electrons. The molecule has 9 heteroatoms. The number of thiophene rings is 1. The maximum absolute atomic E-state index is 12.2. The van der Waals surface area contributed by atoms with Gasteiger partial charge in [0.25, 0.3) is 5.91 Å². The number of ether oxygens (including phenoxy) is 1. The zero-order valence-corrected chi connectivity index (χ0v) is 16.9. The number of rotatable bonds is 9. The van der Waals surface area contributed by atoms with Gasteiger partial charge in [-0.15, -0.1) is 10.2 Å². The van der Waals surface area contributed by atoms with Gasteiger partial charge in [-0.1, -0.05) is 24.7 Å². The Morgan fingerprint density at radius 1 is 1.14 bits per heavy atom. The van der Waals surface area contributed by atoms with E-state index in [9.17, 15) is 9.59 Å². The van der Waals surface area contributed by atoms with E-state index in [0.717, 1.165) is 29.2 Å². The number of amides is 2. The summed E-state index contributed by atoms with van der Waals surface area (Å²) < 4.78 is 5.57. The topological polar surface area (TPSA) is 93.2 Å². The minimum atomic E-state index is -0.360. The first kappa shape index (κ1) is 20.0. The van der Waals surface area contributed by atoms with Crippen LogP contribution in [0.4, 0.5) is 5.13 Å². The van der Waals surface area contributed by atoms with Gasteiger partial charge < -0.3 is 10.1 Å². The van der Waals surface area contributed by atoms with Gasteiger partial charge >= 0.3 is 0 Å². The number of carbonyl (C=O) groups excluding carboxylic acids is 2. The first-order valence-corrected chi connectivity index (χ1v) is 10.6. The fourth-order valence-corrected chi connectivity index (χ4v) is 3.71. The van der Waals surface area contributed by atoms with Gasteiger partial charge in [0.05, 0.1) is 13.2 Å². The normalized spacial score (nSPS) is 10.5. The second-order valence-corrected chi connectivity index (χ2v) is 7.64. The van der Waals surface area contributed by atoms with Crippen molar-refractivity contribution in [1.29, 1.82) is 0 Å². The van der Waals surface area contributed by atoms with Crippen molar-refractivity contribution in [2.75, 3.05) is 18.5 Å². The van der Waals surface area contributed by atoms with E-state index in [1.54, 1.807) is 35.6 Å². The zero-order chi connectivity index (χ0) is 19.8. The first-order valence-electron chi connectivity index (χ1n) is 8.82. The van der Waals surface area contributed by atoms with Crippen molar-refractivity contribution < 1.29 is 14.3 Å². The molecule has 3 aromatic rings. The number of nitrogens with zero attached hydrogens (tertiary/aromatic N) is 2. The Morgan fingerprint density at radius 2 is 1.96 bits per heavy atom. The summed E-state index contributed by atoms with van der Waals surface area (Å²) in [5.41, 5.74) is 1.43. The lowest BCUT2D eigenvalue weighted by atomic mass is 10.2. The number of aromatic nitrogens is 2. The highest BCUT2D eigenvalue weighted by Gasteiger charge is 2.12. The molecule has 0 unspecified atom stereocenters. The summed E-state index contributed by atoms with van der Waals surface area (Å²) in [4.78, 5) is 24.2. The molecule has 0 spiro atoms. The van der Waals surface area contributed by atoms with Crippen LogP contribution in [0.1, 0.15) is 30.1 Å². The number of benzene rings is 1. The van der Waals surface area contributed by atoms with Crippen LogP contribution in [0.2, 0.25) is 0 Å². The molecular formula is C19H20N4O3S2. The number of anilines is 1. The van der Waals surface area contributed by atoms with Crippen molar-refractivity contribution in [2.45, 2.75) is 19.8 Å². The van der Waals surface area contributed by atoms with Gasteiger partial charge in [-0.25, -0.2) is 0 Å². The molecule has 2 amide bonds. The Bertz CT molecular complexity index is 908. The number of unbranched alkanes of at least 4 members (excludes halogenated alkanes) is 1. The number of carbonyl (C=O) groups is 2. The third-order valence-electron chi connectivity index (χ3n) is 3.73. The van der Waals surface area contributed by atoms with E-state index in [1.165, 1.54) is 11.3 Å². The van der Waals surface area contributed by atoms with Crippen LogP contribution in [0.5, 0.6) is 5.75 Å². The predicted molar refractivity (Wildman–Crippen MR) is 111 cm³/mol. The van der Waals surface area contributed by atoms with Crippen LogP contribution in [0.25, 0.3) is 10.6 Å². The van der Waals surface area contributed by atoms with Crippen molar-refractivity contribution in [3.05, 3.63) is 46.7 Å². The first-order chi connectivity index (χ1) is 13.7. The summed E-state index contributed by atoms with van der Waals surface area (Å²) in [6.07, 6.45) is 2.05. The van der Waals surface area contributed by atoms with E-state index < -0.39 is 0 Å². The lowest BCUT2D eigenvalue weighted by Gasteiger charge is -2.07. The second kappa shape index (κ2) is 9.95. The molecule has 0 bridgehead atoms. The quantitative estimate of drug-likeness (QED) is 0.517. The fourth-order valence-electron chi connectivity index (χ4n) is 2.24. The molecule has 0 aliphatic rings. The molecule has 0 saturated carbocycles. The van der Waals surface area contributed by atoms with E-state index in [-0.39, 0.29) is 18.4 Å². The number of hydrogen-bond donors (Lipinski definition) is 2. The molecule has 2 N–H and O–H groups in total. The minimum absolute atomic E-state index is 0.152. The molecule has 0 aliphatic carbocycles. The summed E-state index contributed by atoms with van der Waals surface area (Å²) in [6, 6.07) is 8.78. The molecule has 2 aromatic heterocycles. The Balaban J connectivity index is 1.45. The molecule has 1 aromatic carbocycles. The molecule has 28 heavy (non-hydrogen) atoms. The van der Waals surface area contributed by atoms with Crippen molar-refractivity contribution >= 4 is 39.6 Å². The molecule has 3 rings (SSSR count). The SMILES string of the molecule is CCCCOc1ccc(C(=O)NCC(=O)Nc2nnc(-c3ccsc3)s2)cc1. The Labute approximate surface area is 170 Å². The van der Waals surface area contributed by atoms with Gasteiger partial charge in [0, 0.05) is 16.5 Å². The van der Waals surface area contributed by atoms with Gasteiger partial charge in [0.2, 0.25) is 11.0 Å². The van der Waals surface area contributed by atoms with Gasteiger partial charge in [-0.2, -0.15) is 11.3 Å². The van der Waals surface area contributed by atoms with Crippen molar-refractivity contribution in [3.63, 3.8) is 0 Å². The highest BCUT2D eigenvalue weighted by Crippen LogP contribution is 2.27. The van der Waals surface area contributed by atoms with E-state index in [2.05, 4.69) is 27.8 Å². The number of hydrogen-bond acceptors (Lipinski definition) is 7. The van der Waals surface area contributed by atoms with E-state index in [1.807, 2.05) is 16.8 Å². The highest BCUT2D eigenvalue weighted by molar-refractivity contribution is 7.19. The standard InChI is InChI=1S/C19H20N4O3S2/c1-2-3-9-26-15-6-4-13(5-7-15)17(25)20-11-16(24)21-19-23-22-18(28-19)14-8-10-27-12-14/h4-8,10,12H,2-3,9,11H2,1H3,(H,20,25)(H,21,23,24). The van der Waals surface area contributed by atoms with Gasteiger partial charge in [-0.05, 0) is 42.1 Å². The maximum Gasteiger partial charge on any atom is 0.251 e. The van der Waals surface area contributed by atoms with Crippen LogP contribution in [0.15, 0.2) is 41.1 Å². The largest absolute Gasteiger partial charge is 0.494 e. The highest BCUT2D eigenvalue weighted by atomic mass is 32.1. The van der Waals surface area contributed by atoms with Crippen LogP contribution in [-0.2, 0) is 4.79 Å². The summed E-state index contributed by atoms with van der Waals surface area (Å²) in [5, 5.41) is 18.3. The number of nitrogens with one attached hydrogen (secondary N) is 2. The van der Waals surface area contributed by atoms with Crippen molar-refractivity contribution in [3.8, 4) is 16.3 Å². The third-order valence-corrected chi connectivity index (χ3v) is 5.30. The molecular weight excluding hydrogens is 396 g/mol. The van der Waals surface area contributed by atoms with Gasteiger partial charge in [0.15, 0.2) is 0 Å². The van der Waals surface area contributed by atoms with Crippen molar-refractivity contribution in [2.24, 2.45) is 0 Å². The van der Waals surface area contributed by atoms with E-state index in [0.29, 0.717) is 17.3 Å². The zero-order valence-electron chi connectivity index (χ0n) is 15.3. The van der Waals surface area contributed by atoms with Crippen molar-refractivity contribution in [1.82, 2.24) is 15.5 Å². The third kappa shape index (κ3) is 5.61. The van der Waals surface area contributed by atoms with Gasteiger partial charge in [-0.3, -0.25) is 14.9 Å².